The molecule has 0 aliphatic heterocycles. The Labute approximate surface area is 90.8 Å². The number of nitrogens with one attached hydrogen (secondary N) is 1. The van der Waals surface area contributed by atoms with Crippen LogP contribution in [0.15, 0.2) is 23.0 Å². The summed E-state index contributed by atoms with van der Waals surface area (Å²) in [6, 6.07) is 1.88. The summed E-state index contributed by atoms with van der Waals surface area (Å²) in [5.74, 6) is 5.95. The zero-order chi connectivity index (χ0) is 11.3. The smallest absolute Gasteiger partial charge is 0.0951 e. The number of rotatable bonds is 6. The fourth-order valence-electron chi connectivity index (χ4n) is 1.70. The van der Waals surface area contributed by atoms with Gasteiger partial charge in [-0.15, -0.1) is 0 Å². The molecule has 4 nitrogen and oxygen atoms in total. The normalized spacial score (nSPS) is 15.5. The minimum absolute atomic E-state index is 0.0244. The topological polar surface area (TPSA) is 60.4 Å². The number of hydrogen-bond donors (Lipinski definition) is 2. The third-order valence-corrected chi connectivity index (χ3v) is 2.43. The van der Waals surface area contributed by atoms with E-state index in [0.717, 1.165) is 5.56 Å². The average molecular weight is 212 g/mol. The first-order chi connectivity index (χ1) is 7.20. The quantitative estimate of drug-likeness (QED) is 0.558. The van der Waals surface area contributed by atoms with Crippen molar-refractivity contribution in [2.24, 2.45) is 11.8 Å². The number of hydrogen-bond acceptors (Lipinski definition) is 4. The van der Waals surface area contributed by atoms with Gasteiger partial charge in [0.25, 0.3) is 0 Å². The first-order valence-electron chi connectivity index (χ1n) is 5.30. The van der Waals surface area contributed by atoms with Crippen molar-refractivity contribution >= 4 is 0 Å². The molecule has 2 unspecified atom stereocenters. The van der Waals surface area contributed by atoms with Crippen LogP contribution >= 0.6 is 0 Å². The summed E-state index contributed by atoms with van der Waals surface area (Å²) >= 11 is 0. The Morgan fingerprint density at radius 1 is 1.53 bits per heavy atom. The predicted octanol–water partition coefficient (Wildman–Crippen LogP) is 1.85. The van der Waals surface area contributed by atoms with Gasteiger partial charge in [-0.1, -0.05) is 13.8 Å². The van der Waals surface area contributed by atoms with Crippen molar-refractivity contribution in [3.05, 3.63) is 24.2 Å². The lowest BCUT2D eigenvalue weighted by atomic mass is 9.95. The maximum absolute atomic E-state index is 5.70. The summed E-state index contributed by atoms with van der Waals surface area (Å²) in [6.07, 6.45) is 3.39. The van der Waals surface area contributed by atoms with Crippen molar-refractivity contribution in [3.63, 3.8) is 0 Å². The van der Waals surface area contributed by atoms with Gasteiger partial charge < -0.3 is 9.15 Å². The Morgan fingerprint density at radius 3 is 2.67 bits per heavy atom. The van der Waals surface area contributed by atoms with E-state index in [1.807, 2.05) is 13.0 Å². The van der Waals surface area contributed by atoms with Gasteiger partial charge in [-0.25, -0.2) is 0 Å². The third-order valence-electron chi connectivity index (χ3n) is 2.43. The first-order valence-corrected chi connectivity index (χ1v) is 5.30. The highest BCUT2D eigenvalue weighted by Crippen LogP contribution is 2.24. The van der Waals surface area contributed by atoms with Gasteiger partial charge in [0.2, 0.25) is 0 Å². The lowest BCUT2D eigenvalue weighted by molar-refractivity contribution is 0.00264. The molecule has 1 heterocycles. The number of ether oxygens (including phenoxy) is 1. The largest absolute Gasteiger partial charge is 0.472 e. The highest BCUT2D eigenvalue weighted by Gasteiger charge is 2.26. The molecule has 0 aliphatic carbocycles. The van der Waals surface area contributed by atoms with E-state index >= 15 is 0 Å². The second kappa shape index (κ2) is 5.90. The van der Waals surface area contributed by atoms with Crippen molar-refractivity contribution in [3.8, 4) is 0 Å². The SMILES string of the molecule is CCOC(C(C)C)C(NN)c1ccoc1. The minimum Gasteiger partial charge on any atom is -0.472 e. The van der Waals surface area contributed by atoms with Crippen molar-refractivity contribution in [1.29, 1.82) is 0 Å². The van der Waals surface area contributed by atoms with Crippen LogP contribution in [-0.2, 0) is 4.74 Å². The van der Waals surface area contributed by atoms with Crippen LogP contribution in [0.25, 0.3) is 0 Å². The number of furan rings is 1. The maximum atomic E-state index is 5.70. The molecule has 0 amide bonds. The molecule has 2 atom stereocenters. The van der Waals surface area contributed by atoms with E-state index in [9.17, 15) is 0 Å². The third kappa shape index (κ3) is 3.06. The van der Waals surface area contributed by atoms with Crippen molar-refractivity contribution in [2.45, 2.75) is 32.9 Å². The lowest BCUT2D eigenvalue weighted by Gasteiger charge is -2.28. The molecule has 3 N–H and O–H groups in total. The molecule has 1 aromatic rings. The van der Waals surface area contributed by atoms with Crippen LogP contribution in [-0.4, -0.2) is 12.7 Å². The second-order valence-corrected chi connectivity index (χ2v) is 3.86. The molecular weight excluding hydrogens is 192 g/mol. The summed E-state index contributed by atoms with van der Waals surface area (Å²) in [7, 11) is 0. The summed E-state index contributed by atoms with van der Waals surface area (Å²) in [5, 5.41) is 0. The molecule has 4 heteroatoms. The van der Waals surface area contributed by atoms with Gasteiger partial charge >= 0.3 is 0 Å². The van der Waals surface area contributed by atoms with E-state index in [4.69, 9.17) is 15.0 Å². The molecule has 0 saturated carbocycles. The molecule has 0 aliphatic rings. The van der Waals surface area contributed by atoms with E-state index < -0.39 is 0 Å². The monoisotopic (exact) mass is 212 g/mol. The Hall–Kier alpha value is -0.840. The van der Waals surface area contributed by atoms with Gasteiger partial charge in [-0.2, -0.15) is 0 Å². The Kier molecular flexibility index (Phi) is 4.81. The Bertz CT molecular complexity index is 260. The summed E-state index contributed by atoms with van der Waals surface area (Å²) in [4.78, 5) is 0. The van der Waals surface area contributed by atoms with E-state index in [1.165, 1.54) is 0 Å². The first kappa shape index (κ1) is 12.2. The van der Waals surface area contributed by atoms with E-state index in [2.05, 4.69) is 19.3 Å². The fourth-order valence-corrected chi connectivity index (χ4v) is 1.70. The van der Waals surface area contributed by atoms with E-state index in [-0.39, 0.29) is 12.1 Å². The van der Waals surface area contributed by atoms with E-state index in [0.29, 0.717) is 12.5 Å². The summed E-state index contributed by atoms with van der Waals surface area (Å²) < 4.78 is 10.8. The molecule has 0 radical (unpaired) electrons. The summed E-state index contributed by atoms with van der Waals surface area (Å²) in [6.45, 7) is 6.90. The zero-order valence-electron chi connectivity index (χ0n) is 9.57. The van der Waals surface area contributed by atoms with Crippen LogP contribution < -0.4 is 11.3 Å². The second-order valence-electron chi connectivity index (χ2n) is 3.86. The zero-order valence-corrected chi connectivity index (χ0v) is 9.57. The molecule has 0 saturated heterocycles. The fraction of sp³-hybridized carbons (Fsp3) is 0.636. The molecule has 86 valence electrons. The average Bonchev–Trinajstić information content (AvgIpc) is 2.71. The van der Waals surface area contributed by atoms with Crippen molar-refractivity contribution in [1.82, 2.24) is 5.43 Å². The molecule has 0 aromatic carbocycles. The molecular formula is C11H20N2O2. The van der Waals surface area contributed by atoms with Gasteiger partial charge in [-0.05, 0) is 18.9 Å². The molecule has 15 heavy (non-hydrogen) atoms. The predicted molar refractivity (Wildman–Crippen MR) is 59.0 cm³/mol. The molecule has 0 bridgehead atoms. The van der Waals surface area contributed by atoms with Gasteiger partial charge in [0.15, 0.2) is 0 Å². The molecule has 1 rings (SSSR count). The molecule has 0 spiro atoms. The highest BCUT2D eigenvalue weighted by atomic mass is 16.5. The number of hydrazine groups is 1. The molecule has 0 fully saturated rings. The van der Waals surface area contributed by atoms with Crippen LogP contribution in [0, 0.1) is 5.92 Å². The van der Waals surface area contributed by atoms with Crippen molar-refractivity contribution < 1.29 is 9.15 Å². The van der Waals surface area contributed by atoms with Crippen molar-refractivity contribution in [2.75, 3.05) is 6.61 Å². The van der Waals surface area contributed by atoms with Gasteiger partial charge in [0.05, 0.1) is 24.7 Å². The van der Waals surface area contributed by atoms with Gasteiger partial charge in [0.1, 0.15) is 0 Å². The van der Waals surface area contributed by atoms with Gasteiger partial charge in [0, 0.05) is 12.2 Å². The van der Waals surface area contributed by atoms with Crippen LogP contribution in [0.4, 0.5) is 0 Å². The highest BCUT2D eigenvalue weighted by molar-refractivity contribution is 5.13. The van der Waals surface area contributed by atoms with E-state index in [1.54, 1.807) is 12.5 Å². The minimum atomic E-state index is -0.0244. The standard InChI is InChI=1S/C11H20N2O2/c1-4-15-11(8(2)3)10(13-12)9-5-6-14-7-9/h5-8,10-11,13H,4,12H2,1-3H3. The lowest BCUT2D eigenvalue weighted by Crippen LogP contribution is -2.40. The Morgan fingerprint density at radius 2 is 2.27 bits per heavy atom. The van der Waals surface area contributed by atoms with Crippen LogP contribution in [0.2, 0.25) is 0 Å². The van der Waals surface area contributed by atoms with Crippen LogP contribution in [0.3, 0.4) is 0 Å². The maximum Gasteiger partial charge on any atom is 0.0951 e. The van der Waals surface area contributed by atoms with Gasteiger partial charge in [-0.3, -0.25) is 11.3 Å². The van der Waals surface area contributed by atoms with Crippen LogP contribution in [0.1, 0.15) is 32.4 Å². The number of nitrogens with two attached hydrogens (primary N) is 1. The molecule has 1 aromatic heterocycles. The van der Waals surface area contributed by atoms with Crippen LogP contribution in [0.5, 0.6) is 0 Å². The Balaban J connectivity index is 2.78. The summed E-state index contributed by atoms with van der Waals surface area (Å²) in [5.41, 5.74) is 3.80.